The highest BCUT2D eigenvalue weighted by molar-refractivity contribution is 5.31. The number of hydrogen-bond donors (Lipinski definition) is 1. The minimum atomic E-state index is 0.241. The van der Waals surface area contributed by atoms with Crippen molar-refractivity contribution < 1.29 is 9.84 Å². The maximum Gasteiger partial charge on any atom is 0.119 e. The number of ether oxygens (including phenoxy) is 1. The maximum absolute atomic E-state index is 8.72. The van der Waals surface area contributed by atoms with E-state index in [-0.39, 0.29) is 12.0 Å². The first-order valence-electron chi connectivity index (χ1n) is 7.94. The molecule has 0 fully saturated rings. The van der Waals surface area contributed by atoms with E-state index in [1.54, 1.807) is 0 Å². The summed E-state index contributed by atoms with van der Waals surface area (Å²) in [6.07, 6.45) is 6.83. The van der Waals surface area contributed by atoms with Crippen LogP contribution in [0.3, 0.4) is 0 Å². The molecule has 0 heterocycles. The fraction of sp³-hybridized carbons (Fsp3) is 0.667. The zero-order chi connectivity index (χ0) is 14.8. The largest absolute Gasteiger partial charge is 0.494 e. The van der Waals surface area contributed by atoms with Gasteiger partial charge in [0, 0.05) is 6.61 Å². The summed E-state index contributed by atoms with van der Waals surface area (Å²) < 4.78 is 5.66. The molecule has 0 saturated carbocycles. The summed E-state index contributed by atoms with van der Waals surface area (Å²) in [5.74, 6) is 0.927. The lowest BCUT2D eigenvalue weighted by atomic mass is 9.80. The van der Waals surface area contributed by atoms with Crippen molar-refractivity contribution in [3.8, 4) is 5.75 Å². The average Bonchev–Trinajstić information content (AvgIpc) is 2.44. The Morgan fingerprint density at radius 1 is 1.00 bits per heavy atom. The molecule has 1 rings (SSSR count). The topological polar surface area (TPSA) is 29.5 Å². The van der Waals surface area contributed by atoms with Crippen LogP contribution >= 0.6 is 0 Å². The third kappa shape index (κ3) is 5.96. The normalized spacial score (nSPS) is 11.6. The molecule has 0 saturated heterocycles. The van der Waals surface area contributed by atoms with Crippen molar-refractivity contribution in [2.75, 3.05) is 13.2 Å². The Morgan fingerprint density at radius 2 is 1.70 bits per heavy atom. The van der Waals surface area contributed by atoms with Crippen molar-refractivity contribution in [3.63, 3.8) is 0 Å². The molecule has 0 aliphatic rings. The van der Waals surface area contributed by atoms with Gasteiger partial charge in [0.25, 0.3) is 0 Å². The van der Waals surface area contributed by atoms with E-state index in [2.05, 4.69) is 45.0 Å². The lowest BCUT2D eigenvalue weighted by molar-refractivity contribution is 0.253. The van der Waals surface area contributed by atoms with Gasteiger partial charge < -0.3 is 9.84 Å². The fourth-order valence-corrected chi connectivity index (χ4v) is 2.37. The van der Waals surface area contributed by atoms with Gasteiger partial charge in [-0.3, -0.25) is 0 Å². The molecule has 0 spiro atoms. The van der Waals surface area contributed by atoms with Crippen LogP contribution in [0.1, 0.15) is 64.9 Å². The molecule has 0 atom stereocenters. The Morgan fingerprint density at radius 3 is 2.30 bits per heavy atom. The van der Waals surface area contributed by atoms with Gasteiger partial charge in [-0.1, -0.05) is 52.2 Å². The Balaban J connectivity index is 2.47. The van der Waals surface area contributed by atoms with Crippen LogP contribution in [0.5, 0.6) is 5.75 Å². The number of benzene rings is 1. The van der Waals surface area contributed by atoms with Gasteiger partial charge in [0.15, 0.2) is 0 Å². The number of aliphatic hydroxyl groups excluding tert-OH is 1. The van der Waals surface area contributed by atoms with Gasteiger partial charge in [0.1, 0.15) is 5.75 Å². The third-order valence-corrected chi connectivity index (χ3v) is 3.86. The molecule has 0 bridgehead atoms. The zero-order valence-corrected chi connectivity index (χ0v) is 13.3. The zero-order valence-electron chi connectivity index (χ0n) is 13.3. The Bertz CT molecular complexity index is 354. The van der Waals surface area contributed by atoms with Crippen LogP contribution in [-0.2, 0) is 5.41 Å². The van der Waals surface area contributed by atoms with Crippen molar-refractivity contribution in [3.05, 3.63) is 29.8 Å². The summed E-state index contributed by atoms with van der Waals surface area (Å²) in [4.78, 5) is 0. The summed E-state index contributed by atoms with van der Waals surface area (Å²) in [5.41, 5.74) is 1.63. The summed E-state index contributed by atoms with van der Waals surface area (Å²) in [5, 5.41) is 8.72. The summed E-state index contributed by atoms with van der Waals surface area (Å²) >= 11 is 0. The second-order valence-electron chi connectivity index (χ2n) is 6.14. The number of hydrogen-bond acceptors (Lipinski definition) is 2. The maximum atomic E-state index is 8.72. The molecule has 0 aliphatic heterocycles. The monoisotopic (exact) mass is 278 g/mol. The van der Waals surface area contributed by atoms with Gasteiger partial charge in [-0.15, -0.1) is 0 Å². The highest BCUT2D eigenvalue weighted by atomic mass is 16.5. The van der Waals surface area contributed by atoms with Gasteiger partial charge in [0.05, 0.1) is 6.61 Å². The van der Waals surface area contributed by atoms with E-state index in [4.69, 9.17) is 9.84 Å². The summed E-state index contributed by atoms with van der Waals surface area (Å²) in [6.45, 7) is 7.81. The highest BCUT2D eigenvalue weighted by Gasteiger charge is 2.19. The SMILES string of the molecule is CCCCCC(C)(C)c1ccc(OCCCCO)cc1. The van der Waals surface area contributed by atoms with E-state index in [9.17, 15) is 0 Å². The Kier molecular flexibility index (Phi) is 7.68. The Labute approximate surface area is 124 Å². The van der Waals surface area contributed by atoms with E-state index in [0.29, 0.717) is 6.61 Å². The molecule has 20 heavy (non-hydrogen) atoms. The van der Waals surface area contributed by atoms with Crippen molar-refractivity contribution >= 4 is 0 Å². The molecule has 0 aliphatic carbocycles. The second-order valence-corrected chi connectivity index (χ2v) is 6.14. The van der Waals surface area contributed by atoms with Crippen LogP contribution in [0.25, 0.3) is 0 Å². The van der Waals surface area contributed by atoms with E-state index >= 15 is 0 Å². The van der Waals surface area contributed by atoms with Crippen LogP contribution in [0.15, 0.2) is 24.3 Å². The summed E-state index contributed by atoms with van der Waals surface area (Å²) in [6, 6.07) is 8.51. The van der Waals surface area contributed by atoms with E-state index in [1.165, 1.54) is 31.2 Å². The van der Waals surface area contributed by atoms with Gasteiger partial charge in [-0.2, -0.15) is 0 Å². The van der Waals surface area contributed by atoms with Crippen molar-refractivity contribution in [2.24, 2.45) is 0 Å². The molecule has 0 unspecified atom stereocenters. The molecule has 0 radical (unpaired) electrons. The molecule has 114 valence electrons. The van der Waals surface area contributed by atoms with Crippen LogP contribution < -0.4 is 4.74 Å². The van der Waals surface area contributed by atoms with Crippen molar-refractivity contribution in [1.29, 1.82) is 0 Å². The third-order valence-electron chi connectivity index (χ3n) is 3.86. The molecular formula is C18H30O2. The number of unbranched alkanes of at least 4 members (excludes halogenated alkanes) is 3. The van der Waals surface area contributed by atoms with Crippen LogP contribution in [-0.4, -0.2) is 18.3 Å². The Hall–Kier alpha value is -1.02. The van der Waals surface area contributed by atoms with Gasteiger partial charge >= 0.3 is 0 Å². The molecule has 1 aromatic carbocycles. The molecule has 0 aromatic heterocycles. The molecular weight excluding hydrogens is 248 g/mol. The fourth-order valence-electron chi connectivity index (χ4n) is 2.37. The minimum absolute atomic E-state index is 0.241. The molecule has 2 nitrogen and oxygen atoms in total. The molecule has 1 N–H and O–H groups in total. The first kappa shape index (κ1) is 17.0. The van der Waals surface area contributed by atoms with Crippen molar-refractivity contribution in [1.82, 2.24) is 0 Å². The van der Waals surface area contributed by atoms with Crippen LogP contribution in [0, 0.1) is 0 Å². The summed E-state index contributed by atoms with van der Waals surface area (Å²) in [7, 11) is 0. The van der Waals surface area contributed by atoms with Gasteiger partial charge in [-0.05, 0) is 42.4 Å². The first-order chi connectivity index (χ1) is 9.60. The standard InChI is InChI=1S/C18H30O2/c1-4-5-6-13-18(2,3)16-9-11-17(12-10-16)20-15-8-7-14-19/h9-12,19H,4-8,13-15H2,1-3H3. The van der Waals surface area contributed by atoms with E-state index < -0.39 is 0 Å². The molecule has 0 amide bonds. The lowest BCUT2D eigenvalue weighted by Gasteiger charge is -2.25. The average molecular weight is 278 g/mol. The van der Waals surface area contributed by atoms with Gasteiger partial charge in [-0.25, -0.2) is 0 Å². The first-order valence-corrected chi connectivity index (χ1v) is 7.94. The number of rotatable bonds is 10. The van der Waals surface area contributed by atoms with E-state index in [0.717, 1.165) is 18.6 Å². The van der Waals surface area contributed by atoms with Gasteiger partial charge in [0.2, 0.25) is 0 Å². The minimum Gasteiger partial charge on any atom is -0.494 e. The predicted molar refractivity (Wildman–Crippen MR) is 85.4 cm³/mol. The van der Waals surface area contributed by atoms with Crippen LogP contribution in [0.4, 0.5) is 0 Å². The smallest absolute Gasteiger partial charge is 0.119 e. The predicted octanol–water partition coefficient (Wildman–Crippen LogP) is 4.70. The number of aliphatic hydroxyl groups is 1. The van der Waals surface area contributed by atoms with E-state index in [1.807, 2.05) is 0 Å². The molecule has 1 aromatic rings. The lowest BCUT2D eigenvalue weighted by Crippen LogP contribution is -2.16. The second kappa shape index (κ2) is 9.02. The quantitative estimate of drug-likeness (QED) is 0.629. The highest BCUT2D eigenvalue weighted by Crippen LogP contribution is 2.30. The van der Waals surface area contributed by atoms with Crippen molar-refractivity contribution in [2.45, 2.75) is 64.7 Å². The molecule has 2 heteroatoms. The van der Waals surface area contributed by atoms with Crippen LogP contribution in [0.2, 0.25) is 0 Å².